The zero-order chi connectivity index (χ0) is 23.8. The molecule has 0 aromatic heterocycles. The Morgan fingerprint density at radius 2 is 1.45 bits per heavy atom. The van der Waals surface area contributed by atoms with E-state index >= 15 is 0 Å². The topological polar surface area (TPSA) is 87.0 Å². The molecule has 0 saturated heterocycles. The van der Waals surface area contributed by atoms with Crippen LogP contribution in [-0.2, 0) is 0 Å². The summed E-state index contributed by atoms with van der Waals surface area (Å²) in [6.07, 6.45) is 1.72. The number of hydrogen-bond acceptors (Lipinski definition) is 7. The van der Waals surface area contributed by atoms with Crippen LogP contribution >= 0.6 is 0 Å². The Bertz CT molecular complexity index is 1180. The van der Waals surface area contributed by atoms with E-state index in [1.54, 1.807) is 43.5 Å². The van der Waals surface area contributed by atoms with E-state index in [0.717, 1.165) is 5.56 Å². The van der Waals surface area contributed by atoms with Gasteiger partial charge in [-0.15, -0.1) is 0 Å². The fourth-order valence-electron chi connectivity index (χ4n) is 3.15. The van der Waals surface area contributed by atoms with E-state index in [-0.39, 0.29) is 5.56 Å². The van der Waals surface area contributed by atoms with Crippen molar-refractivity contribution >= 4 is 17.6 Å². The highest BCUT2D eigenvalue weighted by atomic mass is 16.5. The van der Waals surface area contributed by atoms with Gasteiger partial charge in [-0.2, -0.15) is 5.26 Å². The van der Waals surface area contributed by atoms with Gasteiger partial charge < -0.3 is 23.7 Å². The second kappa shape index (κ2) is 10.7. The number of carbonyl (C=O) groups is 1. The molecule has 0 heterocycles. The molecule has 0 aliphatic rings. The molecule has 0 unspecified atom stereocenters. The van der Waals surface area contributed by atoms with Crippen LogP contribution < -0.4 is 23.7 Å². The molecule has 0 atom stereocenters. The zero-order valence-corrected chi connectivity index (χ0v) is 18.7. The molecule has 0 radical (unpaired) electrons. The van der Waals surface area contributed by atoms with Crippen molar-refractivity contribution in [2.45, 2.75) is 0 Å². The minimum atomic E-state index is -0.592. The van der Waals surface area contributed by atoms with Gasteiger partial charge in [0.15, 0.2) is 11.5 Å². The normalized spacial score (nSPS) is 10.7. The van der Waals surface area contributed by atoms with Crippen molar-refractivity contribution in [1.29, 1.82) is 5.26 Å². The molecule has 0 aliphatic heterocycles. The standard InChI is InChI=1S/C26H23NO6/c1-29-21-10-8-18(9-11-21)20(16-27)12-17-6-5-7-22(13-17)33-26(28)19-14-23(30-2)25(32-4)24(15-19)31-3/h5-15H,1-4H3/b20-12-. The van der Waals surface area contributed by atoms with Crippen molar-refractivity contribution in [3.05, 3.63) is 77.4 Å². The van der Waals surface area contributed by atoms with Crippen LogP contribution in [0.15, 0.2) is 60.7 Å². The number of nitrogens with zero attached hydrogens (tertiary/aromatic N) is 1. The molecule has 0 saturated carbocycles. The molecule has 0 aliphatic carbocycles. The first kappa shape index (κ1) is 23.2. The van der Waals surface area contributed by atoms with Crippen molar-refractivity contribution in [2.75, 3.05) is 28.4 Å². The van der Waals surface area contributed by atoms with Crippen LogP contribution in [0.3, 0.4) is 0 Å². The first-order valence-corrected chi connectivity index (χ1v) is 9.91. The molecule has 33 heavy (non-hydrogen) atoms. The third kappa shape index (κ3) is 5.43. The third-order valence-electron chi connectivity index (χ3n) is 4.80. The molecule has 3 aromatic carbocycles. The van der Waals surface area contributed by atoms with Gasteiger partial charge in [-0.1, -0.05) is 12.1 Å². The lowest BCUT2D eigenvalue weighted by Gasteiger charge is -2.13. The fourth-order valence-corrected chi connectivity index (χ4v) is 3.15. The van der Waals surface area contributed by atoms with Crippen molar-refractivity contribution < 1.29 is 28.5 Å². The highest BCUT2D eigenvalue weighted by Crippen LogP contribution is 2.38. The molecular weight excluding hydrogens is 422 g/mol. The molecular formula is C26H23NO6. The summed E-state index contributed by atoms with van der Waals surface area (Å²) < 4.78 is 26.6. The Labute approximate surface area is 192 Å². The SMILES string of the molecule is COc1ccc(/C(C#N)=C\c2cccc(OC(=O)c3cc(OC)c(OC)c(OC)c3)c2)cc1. The Kier molecular flexibility index (Phi) is 7.55. The van der Waals surface area contributed by atoms with Gasteiger partial charge >= 0.3 is 5.97 Å². The lowest BCUT2D eigenvalue weighted by Crippen LogP contribution is -2.09. The molecule has 7 heteroatoms. The van der Waals surface area contributed by atoms with E-state index in [4.69, 9.17) is 23.7 Å². The quantitative estimate of drug-likeness (QED) is 0.209. The maximum Gasteiger partial charge on any atom is 0.343 e. The van der Waals surface area contributed by atoms with Gasteiger partial charge in [0.25, 0.3) is 0 Å². The minimum Gasteiger partial charge on any atom is -0.497 e. The van der Waals surface area contributed by atoms with Crippen molar-refractivity contribution in [3.8, 4) is 34.8 Å². The Hall–Kier alpha value is -4.44. The summed E-state index contributed by atoms with van der Waals surface area (Å²) >= 11 is 0. The first-order chi connectivity index (χ1) is 16.0. The molecule has 0 N–H and O–H groups in total. The average Bonchev–Trinajstić information content (AvgIpc) is 2.86. The summed E-state index contributed by atoms with van der Waals surface area (Å²) in [6.45, 7) is 0. The summed E-state index contributed by atoms with van der Waals surface area (Å²) in [4.78, 5) is 12.8. The van der Waals surface area contributed by atoms with Crippen LogP contribution in [-0.4, -0.2) is 34.4 Å². The molecule has 0 bridgehead atoms. The molecule has 3 rings (SSSR count). The smallest absolute Gasteiger partial charge is 0.343 e. The predicted molar refractivity (Wildman–Crippen MR) is 124 cm³/mol. The first-order valence-electron chi connectivity index (χ1n) is 9.91. The van der Waals surface area contributed by atoms with Crippen LogP contribution in [0, 0.1) is 11.3 Å². The van der Waals surface area contributed by atoms with Crippen molar-refractivity contribution in [1.82, 2.24) is 0 Å². The third-order valence-corrected chi connectivity index (χ3v) is 4.80. The summed E-state index contributed by atoms with van der Waals surface area (Å²) in [5.41, 5.74) is 2.16. The summed E-state index contributed by atoms with van der Waals surface area (Å²) in [5, 5.41) is 9.60. The number of allylic oxidation sites excluding steroid dienone is 1. The molecule has 0 fully saturated rings. The van der Waals surface area contributed by atoms with Crippen LogP contribution in [0.1, 0.15) is 21.5 Å². The molecule has 7 nitrogen and oxygen atoms in total. The number of nitriles is 1. The van der Waals surface area contributed by atoms with Crippen LogP contribution in [0.5, 0.6) is 28.7 Å². The zero-order valence-electron chi connectivity index (χ0n) is 18.7. The highest BCUT2D eigenvalue weighted by Gasteiger charge is 2.18. The van der Waals surface area contributed by atoms with E-state index < -0.39 is 5.97 Å². The second-order valence-electron chi connectivity index (χ2n) is 6.77. The summed E-state index contributed by atoms with van der Waals surface area (Å²) in [5.74, 6) is 1.51. The van der Waals surface area contributed by atoms with Gasteiger partial charge in [0.2, 0.25) is 5.75 Å². The van der Waals surface area contributed by atoms with E-state index in [0.29, 0.717) is 39.9 Å². The molecule has 0 amide bonds. The number of hydrogen-bond donors (Lipinski definition) is 0. The molecule has 0 spiro atoms. The van der Waals surface area contributed by atoms with E-state index in [1.807, 2.05) is 18.2 Å². The monoisotopic (exact) mass is 445 g/mol. The van der Waals surface area contributed by atoms with Gasteiger partial charge in [-0.3, -0.25) is 0 Å². The highest BCUT2D eigenvalue weighted by molar-refractivity contribution is 5.93. The maximum atomic E-state index is 12.8. The van der Waals surface area contributed by atoms with Crippen LogP contribution in [0.2, 0.25) is 0 Å². The number of methoxy groups -OCH3 is 4. The summed E-state index contributed by atoms with van der Waals surface area (Å²) in [6, 6.07) is 19.3. The fraction of sp³-hybridized carbons (Fsp3) is 0.154. The van der Waals surface area contributed by atoms with Gasteiger partial charge in [0.1, 0.15) is 11.5 Å². The van der Waals surface area contributed by atoms with Crippen molar-refractivity contribution in [2.24, 2.45) is 0 Å². The number of esters is 1. The van der Waals surface area contributed by atoms with E-state index in [1.165, 1.54) is 33.5 Å². The Morgan fingerprint density at radius 3 is 2.00 bits per heavy atom. The summed E-state index contributed by atoms with van der Waals surface area (Å²) in [7, 11) is 6.01. The largest absolute Gasteiger partial charge is 0.497 e. The minimum absolute atomic E-state index is 0.237. The van der Waals surface area contributed by atoms with E-state index in [2.05, 4.69) is 6.07 Å². The van der Waals surface area contributed by atoms with Gasteiger partial charge in [0.05, 0.1) is 45.6 Å². The molecule has 3 aromatic rings. The maximum absolute atomic E-state index is 12.8. The van der Waals surface area contributed by atoms with Crippen molar-refractivity contribution in [3.63, 3.8) is 0 Å². The van der Waals surface area contributed by atoms with Gasteiger partial charge in [0, 0.05) is 0 Å². The number of benzene rings is 3. The van der Waals surface area contributed by atoms with Crippen LogP contribution in [0.4, 0.5) is 0 Å². The Balaban J connectivity index is 1.86. The number of rotatable bonds is 8. The van der Waals surface area contributed by atoms with E-state index in [9.17, 15) is 10.1 Å². The predicted octanol–water partition coefficient (Wildman–Crippen LogP) is 5.00. The van der Waals surface area contributed by atoms with Gasteiger partial charge in [-0.25, -0.2) is 4.79 Å². The lowest BCUT2D eigenvalue weighted by molar-refractivity contribution is 0.0734. The Morgan fingerprint density at radius 1 is 0.788 bits per heavy atom. The average molecular weight is 445 g/mol. The number of carbonyl (C=O) groups excluding carboxylic acids is 1. The second-order valence-corrected chi connectivity index (χ2v) is 6.77. The number of ether oxygens (including phenoxy) is 5. The molecule has 168 valence electrons. The van der Waals surface area contributed by atoms with Gasteiger partial charge in [-0.05, 0) is 65.7 Å². The van der Waals surface area contributed by atoms with Crippen LogP contribution in [0.25, 0.3) is 11.6 Å². The lowest BCUT2D eigenvalue weighted by atomic mass is 10.0.